The molecule has 0 saturated heterocycles. The lowest BCUT2D eigenvalue weighted by molar-refractivity contribution is 0.626. The fourth-order valence-electron chi connectivity index (χ4n) is 2.13. The van der Waals surface area contributed by atoms with E-state index >= 15 is 0 Å². The van der Waals surface area contributed by atoms with Gasteiger partial charge in [0.25, 0.3) is 0 Å². The minimum Gasteiger partial charge on any atom is -0.306 e. The summed E-state index contributed by atoms with van der Waals surface area (Å²) < 4.78 is 4.14. The maximum atomic E-state index is 4.29. The lowest BCUT2D eigenvalue weighted by Gasteiger charge is -2.18. The quantitative estimate of drug-likeness (QED) is 0.904. The molecule has 19 heavy (non-hydrogen) atoms. The lowest BCUT2D eigenvalue weighted by atomic mass is 9.99. The fraction of sp³-hybridized carbons (Fsp3) is 0.467. The Hall–Kier alpha value is -1.26. The second-order valence-corrected chi connectivity index (χ2v) is 5.86. The van der Waals surface area contributed by atoms with Gasteiger partial charge in [-0.3, -0.25) is 0 Å². The highest BCUT2D eigenvalue weighted by molar-refractivity contribution is 7.05. The van der Waals surface area contributed by atoms with Gasteiger partial charge in [-0.1, -0.05) is 55.1 Å². The first-order valence-corrected chi connectivity index (χ1v) is 7.53. The van der Waals surface area contributed by atoms with Crippen LogP contribution in [-0.4, -0.2) is 16.1 Å². The summed E-state index contributed by atoms with van der Waals surface area (Å²) in [6, 6.07) is 8.88. The average molecular weight is 275 g/mol. The number of hydrogen-bond acceptors (Lipinski definition) is 4. The third-order valence-electron chi connectivity index (χ3n) is 3.17. The molecule has 1 aromatic carbocycles. The number of aromatic nitrogens is 2. The van der Waals surface area contributed by atoms with Crippen LogP contribution in [0.3, 0.4) is 0 Å². The van der Waals surface area contributed by atoms with Crippen molar-refractivity contribution in [1.82, 2.24) is 14.9 Å². The van der Waals surface area contributed by atoms with Crippen molar-refractivity contribution in [2.24, 2.45) is 0 Å². The minimum absolute atomic E-state index is 0.197. The fourth-order valence-corrected chi connectivity index (χ4v) is 3.04. The highest BCUT2D eigenvalue weighted by Crippen LogP contribution is 2.30. The summed E-state index contributed by atoms with van der Waals surface area (Å²) >= 11 is 1.50. The molecular formula is C15H21N3S. The van der Waals surface area contributed by atoms with E-state index in [9.17, 15) is 0 Å². The van der Waals surface area contributed by atoms with Crippen LogP contribution in [0, 0.1) is 6.92 Å². The molecule has 1 unspecified atom stereocenters. The van der Waals surface area contributed by atoms with Gasteiger partial charge < -0.3 is 5.32 Å². The van der Waals surface area contributed by atoms with Gasteiger partial charge in [0, 0.05) is 0 Å². The van der Waals surface area contributed by atoms with Crippen molar-refractivity contribution in [2.75, 3.05) is 6.54 Å². The Morgan fingerprint density at radius 3 is 2.47 bits per heavy atom. The number of nitrogens with zero attached hydrogens (tertiary/aromatic N) is 2. The zero-order valence-corrected chi connectivity index (χ0v) is 12.8. The van der Waals surface area contributed by atoms with E-state index in [0.717, 1.165) is 12.2 Å². The average Bonchev–Trinajstić information content (AvgIpc) is 2.86. The molecule has 4 heteroatoms. The molecule has 0 bridgehead atoms. The topological polar surface area (TPSA) is 37.8 Å². The zero-order valence-electron chi connectivity index (χ0n) is 12.0. The van der Waals surface area contributed by atoms with Gasteiger partial charge in [-0.05, 0) is 36.5 Å². The molecule has 0 spiro atoms. The van der Waals surface area contributed by atoms with Crippen molar-refractivity contribution < 1.29 is 0 Å². The summed E-state index contributed by atoms with van der Waals surface area (Å²) in [6.45, 7) is 9.50. The molecule has 0 radical (unpaired) electrons. The largest absolute Gasteiger partial charge is 0.306 e. The molecule has 0 aliphatic carbocycles. The summed E-state index contributed by atoms with van der Waals surface area (Å²) in [6.07, 6.45) is 0. The normalized spacial score (nSPS) is 12.9. The van der Waals surface area contributed by atoms with Gasteiger partial charge in [0.15, 0.2) is 0 Å². The Labute approximate surface area is 119 Å². The van der Waals surface area contributed by atoms with Crippen molar-refractivity contribution in [2.45, 2.75) is 39.7 Å². The van der Waals surface area contributed by atoms with Crippen LogP contribution >= 0.6 is 11.5 Å². The number of rotatable bonds is 5. The van der Waals surface area contributed by atoms with E-state index in [0.29, 0.717) is 5.92 Å². The monoisotopic (exact) mass is 275 g/mol. The molecule has 0 saturated carbocycles. The van der Waals surface area contributed by atoms with Crippen LogP contribution in [0.5, 0.6) is 0 Å². The second-order valence-electron chi connectivity index (χ2n) is 5.08. The molecule has 102 valence electrons. The Balaban J connectivity index is 2.39. The third-order valence-corrected chi connectivity index (χ3v) is 3.97. The van der Waals surface area contributed by atoms with E-state index in [4.69, 9.17) is 0 Å². The highest BCUT2D eigenvalue weighted by atomic mass is 32.1. The van der Waals surface area contributed by atoms with E-state index < -0.39 is 0 Å². The number of nitrogens with one attached hydrogen (secondary N) is 1. The van der Waals surface area contributed by atoms with Crippen LogP contribution in [0.1, 0.15) is 54.4 Å². The summed E-state index contributed by atoms with van der Waals surface area (Å²) in [4.78, 5) is 1.24. The summed E-state index contributed by atoms with van der Waals surface area (Å²) in [5.74, 6) is 0.403. The van der Waals surface area contributed by atoms with Gasteiger partial charge in [-0.2, -0.15) is 0 Å². The molecule has 0 aliphatic heterocycles. The first-order valence-electron chi connectivity index (χ1n) is 6.75. The maximum Gasteiger partial charge on any atom is 0.0832 e. The van der Waals surface area contributed by atoms with Crippen LogP contribution in [0.15, 0.2) is 24.3 Å². The van der Waals surface area contributed by atoms with E-state index in [1.165, 1.54) is 27.5 Å². The molecule has 2 rings (SSSR count). The predicted octanol–water partition coefficient (Wildman–Crippen LogP) is 3.67. The second kappa shape index (κ2) is 6.26. The molecular weight excluding hydrogens is 254 g/mol. The van der Waals surface area contributed by atoms with Crippen LogP contribution in [-0.2, 0) is 0 Å². The SMILES string of the molecule is CCNC(c1ccc(C)cc1)c1snnc1C(C)C. The van der Waals surface area contributed by atoms with Crippen molar-refractivity contribution in [3.63, 3.8) is 0 Å². The van der Waals surface area contributed by atoms with Crippen molar-refractivity contribution in [3.05, 3.63) is 46.0 Å². The van der Waals surface area contributed by atoms with Gasteiger partial charge in [-0.25, -0.2) is 0 Å². The van der Waals surface area contributed by atoms with Crippen LogP contribution < -0.4 is 5.32 Å². The van der Waals surface area contributed by atoms with Crippen LogP contribution in [0.25, 0.3) is 0 Å². The molecule has 1 heterocycles. The molecule has 1 N–H and O–H groups in total. The standard InChI is InChI=1S/C15H21N3S/c1-5-16-14(12-8-6-11(4)7-9-12)15-13(10(2)3)17-18-19-15/h6-10,14,16H,5H2,1-4H3. The molecule has 0 amide bonds. The Kier molecular flexibility index (Phi) is 4.66. The minimum atomic E-state index is 0.197. The molecule has 3 nitrogen and oxygen atoms in total. The van der Waals surface area contributed by atoms with Gasteiger partial charge in [0.2, 0.25) is 0 Å². The van der Waals surface area contributed by atoms with Crippen LogP contribution in [0.2, 0.25) is 0 Å². The van der Waals surface area contributed by atoms with Crippen molar-refractivity contribution in [3.8, 4) is 0 Å². The molecule has 0 aliphatic rings. The summed E-state index contributed by atoms with van der Waals surface area (Å²) in [5.41, 5.74) is 3.67. The van der Waals surface area contributed by atoms with E-state index in [1.807, 2.05) is 0 Å². The van der Waals surface area contributed by atoms with Crippen LogP contribution in [0.4, 0.5) is 0 Å². The van der Waals surface area contributed by atoms with E-state index in [1.54, 1.807) is 0 Å². The Morgan fingerprint density at radius 2 is 1.89 bits per heavy atom. The number of aryl methyl sites for hydroxylation is 1. The van der Waals surface area contributed by atoms with Gasteiger partial charge in [0.1, 0.15) is 0 Å². The van der Waals surface area contributed by atoms with Gasteiger partial charge >= 0.3 is 0 Å². The van der Waals surface area contributed by atoms with E-state index in [2.05, 4.69) is 66.9 Å². The molecule has 1 atom stereocenters. The first-order chi connectivity index (χ1) is 9.13. The van der Waals surface area contributed by atoms with Crippen molar-refractivity contribution in [1.29, 1.82) is 0 Å². The highest BCUT2D eigenvalue weighted by Gasteiger charge is 2.21. The Morgan fingerprint density at radius 1 is 1.21 bits per heavy atom. The maximum absolute atomic E-state index is 4.29. The number of benzene rings is 1. The molecule has 2 aromatic rings. The summed E-state index contributed by atoms with van der Waals surface area (Å²) in [7, 11) is 0. The molecule has 1 aromatic heterocycles. The first kappa shape index (κ1) is 14.2. The van der Waals surface area contributed by atoms with E-state index in [-0.39, 0.29) is 6.04 Å². The Bertz CT molecular complexity index is 516. The van der Waals surface area contributed by atoms with Gasteiger partial charge in [0.05, 0.1) is 16.6 Å². The molecule has 0 fully saturated rings. The lowest BCUT2D eigenvalue weighted by Crippen LogP contribution is -2.22. The smallest absolute Gasteiger partial charge is 0.0832 e. The van der Waals surface area contributed by atoms with Gasteiger partial charge in [-0.15, -0.1) is 5.10 Å². The third kappa shape index (κ3) is 3.19. The predicted molar refractivity (Wildman–Crippen MR) is 80.7 cm³/mol. The number of hydrogen-bond donors (Lipinski definition) is 1. The van der Waals surface area contributed by atoms with Crippen molar-refractivity contribution >= 4 is 11.5 Å². The zero-order chi connectivity index (χ0) is 13.8. The summed E-state index contributed by atoms with van der Waals surface area (Å²) in [5, 5.41) is 7.84.